The fourth-order valence-electron chi connectivity index (χ4n) is 3.34. The summed E-state index contributed by atoms with van der Waals surface area (Å²) in [5.74, 6) is 0.658. The van der Waals surface area contributed by atoms with Gasteiger partial charge in [-0.05, 0) is 59.7 Å². The minimum atomic E-state index is -4.13. The van der Waals surface area contributed by atoms with Gasteiger partial charge >= 0.3 is 0 Å². The predicted molar refractivity (Wildman–Crippen MR) is 143 cm³/mol. The Kier molecular flexibility index (Phi) is 8.35. The third-order valence-electron chi connectivity index (χ3n) is 5.26. The summed E-state index contributed by atoms with van der Waals surface area (Å²) in [5, 5.41) is -0.151. The Labute approximate surface area is 224 Å². The van der Waals surface area contributed by atoms with Gasteiger partial charge in [0.25, 0.3) is 15.9 Å². The fraction of sp³-hybridized carbons (Fsp3) is 0.0741. The highest BCUT2D eigenvalue weighted by molar-refractivity contribution is 7.90. The van der Waals surface area contributed by atoms with Gasteiger partial charge in [-0.1, -0.05) is 65.7 Å². The van der Waals surface area contributed by atoms with Crippen LogP contribution in [0.5, 0.6) is 17.2 Å². The number of sulfonamides is 1. The Morgan fingerprint density at radius 2 is 1.51 bits per heavy atom. The molecular formula is C27H22Cl2N2O5S. The highest BCUT2D eigenvalue weighted by Crippen LogP contribution is 2.35. The maximum Gasteiger partial charge on any atom is 0.266 e. The zero-order valence-corrected chi connectivity index (χ0v) is 21.7. The van der Waals surface area contributed by atoms with Crippen molar-refractivity contribution >= 4 is 39.1 Å². The number of halogens is 2. The molecule has 7 nitrogen and oxygen atoms in total. The van der Waals surface area contributed by atoms with Gasteiger partial charge in [0, 0.05) is 6.54 Å². The standard InChI is InChI=1S/C27H22Cl2N2O5S/c28-25-23(27(32)31-37(33,34)22-11-9-18(16-30)10-12-22)13-14-24(26(25)29)35-17-19-5-4-8-21(15-19)36-20-6-2-1-3-7-20/h1-15H,16-17,30H2,(H,31,32). The molecule has 0 spiro atoms. The topological polar surface area (TPSA) is 108 Å². The molecule has 1 amide bonds. The van der Waals surface area contributed by atoms with Gasteiger partial charge in [0.05, 0.1) is 15.5 Å². The molecule has 0 atom stereocenters. The van der Waals surface area contributed by atoms with Crippen molar-refractivity contribution in [1.29, 1.82) is 0 Å². The first-order valence-electron chi connectivity index (χ1n) is 11.1. The second-order valence-electron chi connectivity index (χ2n) is 7.87. The van der Waals surface area contributed by atoms with E-state index in [1.807, 2.05) is 59.3 Å². The van der Waals surface area contributed by atoms with Crippen LogP contribution in [0.4, 0.5) is 0 Å². The monoisotopic (exact) mass is 556 g/mol. The number of amides is 1. The molecule has 4 aromatic rings. The van der Waals surface area contributed by atoms with E-state index in [9.17, 15) is 13.2 Å². The lowest BCUT2D eigenvalue weighted by molar-refractivity contribution is 0.0981. The molecule has 4 aromatic carbocycles. The molecule has 37 heavy (non-hydrogen) atoms. The predicted octanol–water partition coefficient (Wildman–Crippen LogP) is 5.94. The lowest BCUT2D eigenvalue weighted by Crippen LogP contribution is -2.30. The number of hydrogen-bond donors (Lipinski definition) is 2. The number of ether oxygens (including phenoxy) is 2. The van der Waals surface area contributed by atoms with Crippen molar-refractivity contribution in [2.45, 2.75) is 18.0 Å². The van der Waals surface area contributed by atoms with E-state index >= 15 is 0 Å². The van der Waals surface area contributed by atoms with Crippen LogP contribution in [0.15, 0.2) is 95.9 Å². The van der Waals surface area contributed by atoms with Crippen LogP contribution >= 0.6 is 23.2 Å². The summed E-state index contributed by atoms with van der Waals surface area (Å²) in [6, 6.07) is 25.4. The lowest BCUT2D eigenvalue weighted by atomic mass is 10.2. The van der Waals surface area contributed by atoms with E-state index in [1.165, 1.54) is 24.3 Å². The second-order valence-corrected chi connectivity index (χ2v) is 10.3. The van der Waals surface area contributed by atoms with E-state index in [-0.39, 0.29) is 39.4 Å². The maximum absolute atomic E-state index is 12.7. The second kappa shape index (κ2) is 11.7. The average molecular weight is 557 g/mol. The highest BCUT2D eigenvalue weighted by Gasteiger charge is 2.22. The van der Waals surface area contributed by atoms with Crippen molar-refractivity contribution in [3.63, 3.8) is 0 Å². The van der Waals surface area contributed by atoms with E-state index in [2.05, 4.69) is 0 Å². The number of hydrogen-bond acceptors (Lipinski definition) is 6. The molecule has 0 saturated heterocycles. The molecule has 190 valence electrons. The van der Waals surface area contributed by atoms with Crippen molar-refractivity contribution < 1.29 is 22.7 Å². The minimum Gasteiger partial charge on any atom is -0.487 e. The molecule has 0 radical (unpaired) electrons. The van der Waals surface area contributed by atoms with Crippen LogP contribution in [-0.4, -0.2) is 14.3 Å². The summed E-state index contributed by atoms with van der Waals surface area (Å²) in [6.07, 6.45) is 0. The van der Waals surface area contributed by atoms with Gasteiger partial charge in [0.2, 0.25) is 0 Å². The minimum absolute atomic E-state index is 0.0179. The Hall–Kier alpha value is -3.56. The van der Waals surface area contributed by atoms with Gasteiger partial charge in [-0.3, -0.25) is 4.79 Å². The van der Waals surface area contributed by atoms with E-state index < -0.39 is 15.9 Å². The van der Waals surface area contributed by atoms with Gasteiger partial charge in [-0.15, -0.1) is 0 Å². The number of nitrogens with two attached hydrogens (primary N) is 1. The van der Waals surface area contributed by atoms with Gasteiger partial charge in [0.1, 0.15) is 28.9 Å². The summed E-state index contributed by atoms with van der Waals surface area (Å²) in [4.78, 5) is 12.6. The molecule has 0 aromatic heterocycles. The van der Waals surface area contributed by atoms with Crippen LogP contribution in [0.3, 0.4) is 0 Å². The third kappa shape index (κ3) is 6.61. The largest absolute Gasteiger partial charge is 0.487 e. The molecule has 0 aliphatic rings. The van der Waals surface area contributed by atoms with Crippen LogP contribution in [-0.2, 0) is 23.2 Å². The Balaban J connectivity index is 1.44. The van der Waals surface area contributed by atoms with Gasteiger partial charge in [-0.2, -0.15) is 0 Å². The van der Waals surface area contributed by atoms with Gasteiger partial charge < -0.3 is 15.2 Å². The van der Waals surface area contributed by atoms with Crippen molar-refractivity contribution in [3.05, 3.63) is 118 Å². The van der Waals surface area contributed by atoms with Crippen molar-refractivity contribution in [2.24, 2.45) is 5.73 Å². The van der Waals surface area contributed by atoms with Crippen LogP contribution in [0.2, 0.25) is 10.0 Å². The highest BCUT2D eigenvalue weighted by atomic mass is 35.5. The van der Waals surface area contributed by atoms with Crippen LogP contribution < -0.4 is 19.9 Å². The first kappa shape index (κ1) is 26.5. The van der Waals surface area contributed by atoms with Crippen molar-refractivity contribution in [1.82, 2.24) is 4.72 Å². The molecule has 0 heterocycles. The Bertz CT molecular complexity index is 1510. The summed E-state index contributed by atoms with van der Waals surface area (Å²) < 4.78 is 38.9. The number of carbonyl (C=O) groups excluding carboxylic acids is 1. The van der Waals surface area contributed by atoms with Crippen molar-refractivity contribution in [2.75, 3.05) is 0 Å². The van der Waals surface area contributed by atoms with Gasteiger partial charge in [-0.25, -0.2) is 13.1 Å². The number of benzene rings is 4. The molecule has 0 aliphatic carbocycles. The summed E-state index contributed by atoms with van der Waals surface area (Å²) in [7, 11) is -4.13. The summed E-state index contributed by atoms with van der Waals surface area (Å²) in [6.45, 7) is 0.420. The van der Waals surface area contributed by atoms with E-state index in [0.29, 0.717) is 11.5 Å². The van der Waals surface area contributed by atoms with Crippen LogP contribution in [0.25, 0.3) is 0 Å². The Morgan fingerprint density at radius 3 is 2.22 bits per heavy atom. The Morgan fingerprint density at radius 1 is 0.811 bits per heavy atom. The number of rotatable bonds is 9. The molecule has 3 N–H and O–H groups in total. The SMILES string of the molecule is NCc1ccc(S(=O)(=O)NC(=O)c2ccc(OCc3cccc(Oc4ccccc4)c3)c(Cl)c2Cl)cc1. The zero-order valence-electron chi connectivity index (χ0n) is 19.4. The quantitative estimate of drug-likeness (QED) is 0.264. The smallest absolute Gasteiger partial charge is 0.266 e. The number of carbonyl (C=O) groups is 1. The van der Waals surface area contributed by atoms with Crippen LogP contribution in [0, 0.1) is 0 Å². The normalized spacial score (nSPS) is 11.1. The molecule has 0 saturated carbocycles. The molecule has 10 heteroatoms. The van der Waals surface area contributed by atoms with Gasteiger partial charge in [0.15, 0.2) is 0 Å². The molecule has 0 aliphatic heterocycles. The number of nitrogens with one attached hydrogen (secondary N) is 1. The average Bonchev–Trinajstić information content (AvgIpc) is 2.90. The van der Waals surface area contributed by atoms with E-state index in [4.69, 9.17) is 38.4 Å². The summed E-state index contributed by atoms with van der Waals surface area (Å²) in [5.41, 5.74) is 6.99. The molecule has 0 unspecified atom stereocenters. The third-order valence-corrected chi connectivity index (χ3v) is 7.47. The van der Waals surface area contributed by atoms with E-state index in [0.717, 1.165) is 11.1 Å². The molecular weight excluding hydrogens is 535 g/mol. The first-order valence-corrected chi connectivity index (χ1v) is 13.3. The van der Waals surface area contributed by atoms with Crippen LogP contribution in [0.1, 0.15) is 21.5 Å². The molecule has 0 bridgehead atoms. The number of para-hydroxylation sites is 1. The zero-order chi connectivity index (χ0) is 26.4. The fourth-order valence-corrected chi connectivity index (χ4v) is 4.77. The maximum atomic E-state index is 12.7. The lowest BCUT2D eigenvalue weighted by Gasteiger charge is -2.13. The molecule has 4 rings (SSSR count). The molecule has 0 fully saturated rings. The first-order chi connectivity index (χ1) is 17.8. The van der Waals surface area contributed by atoms with E-state index in [1.54, 1.807) is 12.1 Å². The van der Waals surface area contributed by atoms with Crippen molar-refractivity contribution in [3.8, 4) is 17.2 Å². The summed E-state index contributed by atoms with van der Waals surface area (Å²) >= 11 is 12.6.